The van der Waals surface area contributed by atoms with Crippen LogP contribution in [-0.4, -0.2) is 9.67 Å². The normalized spacial score (nSPS) is 12.8. The maximum atomic E-state index is 10.2. The van der Waals surface area contributed by atoms with Crippen LogP contribution in [0.15, 0.2) is 36.5 Å². The van der Waals surface area contributed by atoms with Gasteiger partial charge in [0, 0.05) is 23.3 Å². The lowest BCUT2D eigenvalue weighted by Gasteiger charge is -2.13. The molecule has 0 aliphatic carbocycles. The van der Waals surface area contributed by atoms with Crippen LogP contribution in [0.5, 0.6) is 0 Å². The molecule has 1 aromatic heterocycles. The van der Waals surface area contributed by atoms with E-state index in [1.165, 1.54) is 0 Å². The summed E-state index contributed by atoms with van der Waals surface area (Å²) in [4.78, 5) is 0. The van der Waals surface area contributed by atoms with Crippen molar-refractivity contribution in [2.45, 2.75) is 6.10 Å². The Morgan fingerprint density at radius 1 is 1.19 bits per heavy atom. The van der Waals surface area contributed by atoms with E-state index < -0.39 is 6.10 Å². The fourth-order valence-electron chi connectivity index (χ4n) is 1.66. The van der Waals surface area contributed by atoms with E-state index in [9.17, 15) is 5.11 Å². The highest BCUT2D eigenvalue weighted by Crippen LogP contribution is 2.27. The number of hydrogen-bond donors (Lipinski definition) is 1. The Morgan fingerprint density at radius 3 is 2.31 bits per heavy atom. The first kappa shape index (κ1) is 11.5. The Kier molecular flexibility index (Phi) is 3.24. The third-order valence-electron chi connectivity index (χ3n) is 2.46. The van der Waals surface area contributed by atoms with Crippen LogP contribution >= 0.6 is 23.2 Å². The Hall–Kier alpha value is -0.960. The number of halogens is 2. The van der Waals surface area contributed by atoms with Crippen molar-refractivity contribution >= 4 is 23.2 Å². The first-order chi connectivity index (χ1) is 7.58. The Morgan fingerprint density at radius 2 is 1.81 bits per heavy atom. The zero-order valence-corrected chi connectivity index (χ0v) is 10.2. The number of aryl methyl sites for hydroxylation is 1. The number of aliphatic hydroxyl groups is 1. The summed E-state index contributed by atoms with van der Waals surface area (Å²) >= 11 is 11.8. The van der Waals surface area contributed by atoms with Gasteiger partial charge in [-0.2, -0.15) is 0 Å². The van der Waals surface area contributed by atoms with Gasteiger partial charge in [0.2, 0.25) is 0 Å². The summed E-state index contributed by atoms with van der Waals surface area (Å²) in [6.07, 6.45) is 1.17. The van der Waals surface area contributed by atoms with Gasteiger partial charge in [-0.25, -0.2) is 0 Å². The van der Waals surface area contributed by atoms with Gasteiger partial charge in [0.1, 0.15) is 6.10 Å². The van der Waals surface area contributed by atoms with Crippen LogP contribution in [-0.2, 0) is 7.05 Å². The molecule has 84 valence electrons. The van der Waals surface area contributed by atoms with E-state index >= 15 is 0 Å². The van der Waals surface area contributed by atoms with Crippen LogP contribution in [0.3, 0.4) is 0 Å². The van der Waals surface area contributed by atoms with Crippen LogP contribution in [0.4, 0.5) is 0 Å². The van der Waals surface area contributed by atoms with E-state index in [1.807, 2.05) is 29.9 Å². The summed E-state index contributed by atoms with van der Waals surface area (Å²) in [5.41, 5.74) is 1.50. The molecule has 0 spiro atoms. The highest BCUT2D eigenvalue weighted by molar-refractivity contribution is 6.34. The average molecular weight is 256 g/mol. The zero-order valence-electron chi connectivity index (χ0n) is 8.69. The lowest BCUT2D eigenvalue weighted by Crippen LogP contribution is -2.05. The molecule has 1 aromatic carbocycles. The molecule has 1 heterocycles. The summed E-state index contributed by atoms with van der Waals surface area (Å²) in [5, 5.41) is 11.2. The monoisotopic (exact) mass is 255 g/mol. The minimum absolute atomic E-state index is 0.524. The molecule has 0 saturated carbocycles. The van der Waals surface area contributed by atoms with E-state index in [1.54, 1.807) is 18.2 Å². The second-order valence-corrected chi connectivity index (χ2v) is 4.52. The van der Waals surface area contributed by atoms with E-state index in [-0.39, 0.29) is 0 Å². The number of rotatable bonds is 2. The molecule has 1 unspecified atom stereocenters. The van der Waals surface area contributed by atoms with Crippen LogP contribution in [0, 0.1) is 0 Å². The van der Waals surface area contributed by atoms with E-state index in [0.717, 1.165) is 5.69 Å². The van der Waals surface area contributed by atoms with E-state index in [0.29, 0.717) is 15.6 Å². The predicted octanol–water partition coefficient (Wildman–Crippen LogP) is 3.41. The maximum absolute atomic E-state index is 10.2. The number of benzene rings is 1. The number of hydrogen-bond acceptors (Lipinski definition) is 1. The van der Waals surface area contributed by atoms with Gasteiger partial charge in [0.05, 0.1) is 5.69 Å². The van der Waals surface area contributed by atoms with E-state index in [2.05, 4.69) is 0 Å². The molecule has 0 fully saturated rings. The Bertz CT molecular complexity index is 487. The highest BCUT2D eigenvalue weighted by atomic mass is 35.5. The van der Waals surface area contributed by atoms with Gasteiger partial charge in [-0.05, 0) is 35.9 Å². The first-order valence-electron chi connectivity index (χ1n) is 4.83. The molecule has 0 radical (unpaired) electrons. The molecule has 0 aliphatic heterocycles. The van der Waals surface area contributed by atoms with Crippen molar-refractivity contribution in [3.63, 3.8) is 0 Å². The number of nitrogens with zero attached hydrogens (tertiary/aromatic N) is 1. The van der Waals surface area contributed by atoms with Crippen molar-refractivity contribution in [3.05, 3.63) is 57.8 Å². The first-order valence-corrected chi connectivity index (χ1v) is 5.59. The molecule has 16 heavy (non-hydrogen) atoms. The van der Waals surface area contributed by atoms with Gasteiger partial charge in [0.15, 0.2) is 0 Å². The summed E-state index contributed by atoms with van der Waals surface area (Å²) in [6, 6.07) is 8.81. The molecule has 1 N–H and O–H groups in total. The minimum Gasteiger partial charge on any atom is -0.382 e. The van der Waals surface area contributed by atoms with Crippen molar-refractivity contribution in [2.24, 2.45) is 7.05 Å². The molecule has 0 amide bonds. The lowest BCUT2D eigenvalue weighted by molar-refractivity contribution is 0.211. The maximum Gasteiger partial charge on any atom is 0.119 e. The van der Waals surface area contributed by atoms with Crippen molar-refractivity contribution in [1.82, 2.24) is 4.57 Å². The highest BCUT2D eigenvalue weighted by Gasteiger charge is 2.14. The van der Waals surface area contributed by atoms with Crippen molar-refractivity contribution in [3.8, 4) is 0 Å². The number of aromatic nitrogens is 1. The van der Waals surface area contributed by atoms with Gasteiger partial charge in [-0.3, -0.25) is 0 Å². The predicted molar refractivity (Wildman–Crippen MR) is 65.9 cm³/mol. The Balaban J connectivity index is 2.41. The van der Waals surface area contributed by atoms with Crippen molar-refractivity contribution in [2.75, 3.05) is 0 Å². The third kappa shape index (κ3) is 2.24. The fraction of sp³-hybridized carbons (Fsp3) is 0.167. The molecular weight excluding hydrogens is 245 g/mol. The van der Waals surface area contributed by atoms with Gasteiger partial charge in [-0.1, -0.05) is 23.2 Å². The van der Waals surface area contributed by atoms with Gasteiger partial charge in [-0.15, -0.1) is 0 Å². The fourth-order valence-corrected chi connectivity index (χ4v) is 2.21. The molecular formula is C12H11Cl2NO. The summed E-state index contributed by atoms with van der Waals surface area (Å²) in [6.45, 7) is 0. The molecule has 1 atom stereocenters. The van der Waals surface area contributed by atoms with Crippen molar-refractivity contribution in [1.29, 1.82) is 0 Å². The molecule has 2 nitrogen and oxygen atoms in total. The topological polar surface area (TPSA) is 25.2 Å². The molecule has 0 bridgehead atoms. The lowest BCUT2D eigenvalue weighted by atomic mass is 10.1. The quantitative estimate of drug-likeness (QED) is 0.875. The smallest absolute Gasteiger partial charge is 0.119 e. The van der Waals surface area contributed by atoms with Gasteiger partial charge in [0.25, 0.3) is 0 Å². The van der Waals surface area contributed by atoms with Crippen LogP contribution < -0.4 is 0 Å². The summed E-state index contributed by atoms with van der Waals surface area (Å²) in [7, 11) is 1.88. The van der Waals surface area contributed by atoms with Crippen LogP contribution in [0.25, 0.3) is 0 Å². The zero-order chi connectivity index (χ0) is 11.7. The third-order valence-corrected chi connectivity index (χ3v) is 2.90. The van der Waals surface area contributed by atoms with Crippen LogP contribution in [0.2, 0.25) is 10.0 Å². The Labute approximate surface area is 104 Å². The van der Waals surface area contributed by atoms with Crippen LogP contribution in [0.1, 0.15) is 17.4 Å². The summed E-state index contributed by atoms with van der Waals surface area (Å²) < 4.78 is 1.86. The molecule has 2 rings (SSSR count). The van der Waals surface area contributed by atoms with E-state index in [4.69, 9.17) is 23.2 Å². The average Bonchev–Trinajstić information content (AvgIpc) is 2.62. The molecule has 2 aromatic rings. The molecule has 0 saturated heterocycles. The second kappa shape index (κ2) is 4.50. The summed E-state index contributed by atoms with van der Waals surface area (Å²) in [5.74, 6) is 0. The standard InChI is InChI=1S/C12H11Cl2NO/c1-15-4-2-3-11(15)12(16)8-5-9(13)7-10(14)6-8/h2-7,12,16H,1H3. The van der Waals surface area contributed by atoms with Gasteiger partial charge >= 0.3 is 0 Å². The minimum atomic E-state index is -0.712. The number of aliphatic hydroxyl groups excluding tert-OH is 1. The molecule has 4 heteroatoms. The largest absolute Gasteiger partial charge is 0.382 e. The van der Waals surface area contributed by atoms with Gasteiger partial charge < -0.3 is 9.67 Å². The van der Waals surface area contributed by atoms with Crippen molar-refractivity contribution < 1.29 is 5.11 Å². The SMILES string of the molecule is Cn1cccc1C(O)c1cc(Cl)cc(Cl)c1. The second-order valence-electron chi connectivity index (χ2n) is 3.65. The molecule has 0 aliphatic rings.